The Morgan fingerprint density at radius 3 is 2.45 bits per heavy atom. The van der Waals surface area contributed by atoms with Gasteiger partial charge in [-0.1, -0.05) is 13.3 Å². The van der Waals surface area contributed by atoms with Crippen LogP contribution < -0.4 is 5.73 Å². The smallest absolute Gasteiger partial charge is 0.0608 e. The van der Waals surface area contributed by atoms with Crippen molar-refractivity contribution in [1.82, 2.24) is 0 Å². The van der Waals surface area contributed by atoms with E-state index >= 15 is 0 Å². The Bertz CT molecular complexity index is 108. The zero-order chi connectivity index (χ0) is 8.27. The molecule has 0 aromatic carbocycles. The van der Waals surface area contributed by atoms with Crippen molar-refractivity contribution < 1.29 is 5.11 Å². The van der Waals surface area contributed by atoms with Gasteiger partial charge in [0.25, 0.3) is 0 Å². The van der Waals surface area contributed by atoms with E-state index in [1.807, 2.05) is 0 Å². The van der Waals surface area contributed by atoms with Crippen molar-refractivity contribution in [3.63, 3.8) is 0 Å². The molecule has 2 heteroatoms. The minimum Gasteiger partial charge on any atom is -0.393 e. The van der Waals surface area contributed by atoms with Gasteiger partial charge in [-0.25, -0.2) is 0 Å². The average Bonchev–Trinajstić information content (AvgIpc) is 1.86. The van der Waals surface area contributed by atoms with Crippen molar-refractivity contribution in [2.24, 2.45) is 17.6 Å². The molecule has 66 valence electrons. The van der Waals surface area contributed by atoms with Crippen LogP contribution in [0.2, 0.25) is 0 Å². The molecule has 0 bridgehead atoms. The van der Waals surface area contributed by atoms with Gasteiger partial charge in [0.05, 0.1) is 6.10 Å². The van der Waals surface area contributed by atoms with Gasteiger partial charge in [-0.05, 0) is 37.6 Å². The summed E-state index contributed by atoms with van der Waals surface area (Å²) in [6, 6.07) is 0. The topological polar surface area (TPSA) is 46.2 Å². The first kappa shape index (κ1) is 9.01. The van der Waals surface area contributed by atoms with Gasteiger partial charge in [-0.2, -0.15) is 0 Å². The molecule has 1 rings (SSSR count). The average molecular weight is 157 g/mol. The van der Waals surface area contributed by atoms with Crippen molar-refractivity contribution in [2.45, 2.75) is 38.7 Å². The summed E-state index contributed by atoms with van der Waals surface area (Å²) in [6.45, 7) is 2.73. The SMILES string of the molecule is CCC(CN)C(O)C1CCC1. The Morgan fingerprint density at radius 1 is 1.55 bits per heavy atom. The largest absolute Gasteiger partial charge is 0.393 e. The Hall–Kier alpha value is -0.0800. The van der Waals surface area contributed by atoms with E-state index < -0.39 is 0 Å². The summed E-state index contributed by atoms with van der Waals surface area (Å²) in [5, 5.41) is 9.75. The second-order valence-corrected chi connectivity index (χ2v) is 3.59. The normalized spacial score (nSPS) is 24.3. The number of hydrogen-bond donors (Lipinski definition) is 2. The predicted octanol–water partition coefficient (Wildman–Crippen LogP) is 1.13. The Labute approximate surface area is 68.8 Å². The van der Waals surface area contributed by atoms with Gasteiger partial charge < -0.3 is 10.8 Å². The van der Waals surface area contributed by atoms with E-state index in [1.165, 1.54) is 19.3 Å². The number of aliphatic hydroxyl groups is 1. The number of aliphatic hydroxyl groups excluding tert-OH is 1. The monoisotopic (exact) mass is 157 g/mol. The minimum atomic E-state index is -0.126. The zero-order valence-corrected chi connectivity index (χ0v) is 7.29. The summed E-state index contributed by atoms with van der Waals surface area (Å²) in [5.41, 5.74) is 5.54. The van der Waals surface area contributed by atoms with Gasteiger partial charge in [0.1, 0.15) is 0 Å². The summed E-state index contributed by atoms with van der Waals surface area (Å²) in [7, 11) is 0. The van der Waals surface area contributed by atoms with E-state index in [0.717, 1.165) is 6.42 Å². The number of hydrogen-bond acceptors (Lipinski definition) is 2. The summed E-state index contributed by atoms with van der Waals surface area (Å²) >= 11 is 0. The lowest BCUT2D eigenvalue weighted by Crippen LogP contribution is -2.36. The third-order valence-electron chi connectivity index (χ3n) is 2.94. The van der Waals surface area contributed by atoms with Crippen LogP contribution in [0.15, 0.2) is 0 Å². The second-order valence-electron chi connectivity index (χ2n) is 3.59. The van der Waals surface area contributed by atoms with E-state index in [9.17, 15) is 5.11 Å². The standard InChI is InChI=1S/C9H19NO/c1-2-7(6-10)9(11)8-4-3-5-8/h7-9,11H,2-6,10H2,1H3. The molecule has 0 aliphatic heterocycles. The highest BCUT2D eigenvalue weighted by molar-refractivity contribution is 4.81. The van der Waals surface area contributed by atoms with Crippen LogP contribution in [0.1, 0.15) is 32.6 Å². The molecular weight excluding hydrogens is 138 g/mol. The van der Waals surface area contributed by atoms with Crippen molar-refractivity contribution in [2.75, 3.05) is 6.54 Å². The molecule has 11 heavy (non-hydrogen) atoms. The first-order valence-corrected chi connectivity index (χ1v) is 4.67. The van der Waals surface area contributed by atoms with Crippen LogP contribution in [-0.4, -0.2) is 17.8 Å². The molecule has 1 fully saturated rings. The Kier molecular flexibility index (Phi) is 3.34. The Morgan fingerprint density at radius 2 is 2.18 bits per heavy atom. The third kappa shape index (κ3) is 1.94. The number of rotatable bonds is 4. The molecule has 1 aliphatic rings. The molecule has 1 aliphatic carbocycles. The molecule has 0 aromatic rings. The summed E-state index contributed by atoms with van der Waals surface area (Å²) in [4.78, 5) is 0. The molecule has 0 radical (unpaired) electrons. The molecule has 2 nitrogen and oxygen atoms in total. The number of nitrogens with two attached hydrogens (primary N) is 1. The molecule has 0 spiro atoms. The molecule has 2 atom stereocenters. The lowest BCUT2D eigenvalue weighted by molar-refractivity contribution is 0.0164. The van der Waals surface area contributed by atoms with Crippen LogP contribution in [0.3, 0.4) is 0 Å². The lowest BCUT2D eigenvalue weighted by Gasteiger charge is -2.34. The van der Waals surface area contributed by atoms with Crippen LogP contribution in [-0.2, 0) is 0 Å². The van der Waals surface area contributed by atoms with Crippen LogP contribution in [0, 0.1) is 11.8 Å². The van der Waals surface area contributed by atoms with Gasteiger partial charge in [0, 0.05) is 0 Å². The third-order valence-corrected chi connectivity index (χ3v) is 2.94. The summed E-state index contributed by atoms with van der Waals surface area (Å²) in [5.74, 6) is 0.892. The van der Waals surface area contributed by atoms with Crippen molar-refractivity contribution in [1.29, 1.82) is 0 Å². The van der Waals surface area contributed by atoms with Crippen molar-refractivity contribution >= 4 is 0 Å². The maximum Gasteiger partial charge on any atom is 0.0608 e. The Balaban J connectivity index is 2.30. The molecule has 0 saturated heterocycles. The van der Waals surface area contributed by atoms with Gasteiger partial charge >= 0.3 is 0 Å². The van der Waals surface area contributed by atoms with Crippen LogP contribution >= 0.6 is 0 Å². The van der Waals surface area contributed by atoms with E-state index in [1.54, 1.807) is 0 Å². The summed E-state index contributed by atoms with van der Waals surface area (Å²) in [6.07, 6.45) is 4.59. The molecule has 1 saturated carbocycles. The van der Waals surface area contributed by atoms with Crippen molar-refractivity contribution in [3.8, 4) is 0 Å². The van der Waals surface area contributed by atoms with E-state index in [2.05, 4.69) is 6.92 Å². The fourth-order valence-corrected chi connectivity index (χ4v) is 1.71. The lowest BCUT2D eigenvalue weighted by atomic mass is 9.76. The highest BCUT2D eigenvalue weighted by Crippen LogP contribution is 2.33. The van der Waals surface area contributed by atoms with Crippen LogP contribution in [0.4, 0.5) is 0 Å². The van der Waals surface area contributed by atoms with Crippen LogP contribution in [0.5, 0.6) is 0 Å². The van der Waals surface area contributed by atoms with Gasteiger partial charge in [0.15, 0.2) is 0 Å². The zero-order valence-electron chi connectivity index (χ0n) is 7.29. The van der Waals surface area contributed by atoms with Gasteiger partial charge in [0.2, 0.25) is 0 Å². The molecule has 3 N–H and O–H groups in total. The van der Waals surface area contributed by atoms with Gasteiger partial charge in [-0.3, -0.25) is 0 Å². The summed E-state index contributed by atoms with van der Waals surface area (Å²) < 4.78 is 0. The first-order chi connectivity index (χ1) is 5.29. The highest BCUT2D eigenvalue weighted by atomic mass is 16.3. The molecule has 2 unspecified atom stereocenters. The quantitative estimate of drug-likeness (QED) is 0.642. The maximum atomic E-state index is 9.75. The second kappa shape index (κ2) is 4.07. The fraction of sp³-hybridized carbons (Fsp3) is 1.00. The van der Waals surface area contributed by atoms with E-state index in [4.69, 9.17) is 5.73 Å². The fourth-order valence-electron chi connectivity index (χ4n) is 1.71. The molecular formula is C9H19NO. The predicted molar refractivity (Wildman–Crippen MR) is 46.2 cm³/mol. The minimum absolute atomic E-state index is 0.126. The first-order valence-electron chi connectivity index (χ1n) is 4.67. The highest BCUT2D eigenvalue weighted by Gasteiger charge is 2.29. The van der Waals surface area contributed by atoms with Crippen molar-refractivity contribution in [3.05, 3.63) is 0 Å². The van der Waals surface area contributed by atoms with Gasteiger partial charge in [-0.15, -0.1) is 0 Å². The van der Waals surface area contributed by atoms with Crippen LogP contribution in [0.25, 0.3) is 0 Å². The van der Waals surface area contributed by atoms with E-state index in [-0.39, 0.29) is 6.10 Å². The molecule has 0 amide bonds. The maximum absolute atomic E-state index is 9.75. The molecule has 0 heterocycles. The molecule has 0 aromatic heterocycles. The van der Waals surface area contributed by atoms with E-state index in [0.29, 0.717) is 18.4 Å².